The summed E-state index contributed by atoms with van der Waals surface area (Å²) in [4.78, 5) is 0. The van der Waals surface area contributed by atoms with Gasteiger partial charge in [0.25, 0.3) is 0 Å². The van der Waals surface area contributed by atoms with Crippen LogP contribution in [0.3, 0.4) is 0 Å². The first-order chi connectivity index (χ1) is 9.15. The summed E-state index contributed by atoms with van der Waals surface area (Å²) in [5.41, 5.74) is 8.24. The molecule has 1 rings (SSSR count). The van der Waals surface area contributed by atoms with Gasteiger partial charge in [-0.15, -0.1) is 0 Å². The zero-order valence-electron chi connectivity index (χ0n) is 12.4. The third kappa shape index (κ3) is 6.20. The van der Waals surface area contributed by atoms with E-state index in [-0.39, 0.29) is 11.9 Å². The van der Waals surface area contributed by atoms with E-state index in [4.69, 9.17) is 5.73 Å². The largest absolute Gasteiger partial charge is 0.324 e. The van der Waals surface area contributed by atoms with Gasteiger partial charge in [0, 0.05) is 6.04 Å². The van der Waals surface area contributed by atoms with E-state index >= 15 is 0 Å². The van der Waals surface area contributed by atoms with Crippen LogP contribution in [-0.2, 0) is 0 Å². The normalized spacial score (nSPS) is 12.6. The van der Waals surface area contributed by atoms with Crippen molar-refractivity contribution in [2.75, 3.05) is 0 Å². The molecular formula is C17H28FN. The van der Waals surface area contributed by atoms with E-state index in [9.17, 15) is 4.39 Å². The van der Waals surface area contributed by atoms with Crippen molar-refractivity contribution in [3.8, 4) is 0 Å². The fourth-order valence-corrected chi connectivity index (χ4v) is 2.53. The van der Waals surface area contributed by atoms with Gasteiger partial charge in [-0.05, 0) is 36.6 Å². The van der Waals surface area contributed by atoms with E-state index in [0.29, 0.717) is 0 Å². The minimum atomic E-state index is -0.177. The first-order valence-electron chi connectivity index (χ1n) is 7.66. The molecule has 19 heavy (non-hydrogen) atoms. The maximum Gasteiger partial charge on any atom is 0.123 e. The lowest BCUT2D eigenvalue weighted by Gasteiger charge is -2.14. The Labute approximate surface area is 117 Å². The topological polar surface area (TPSA) is 26.0 Å². The van der Waals surface area contributed by atoms with Crippen molar-refractivity contribution in [1.29, 1.82) is 0 Å². The summed E-state index contributed by atoms with van der Waals surface area (Å²) in [6, 6.07) is 4.96. The first-order valence-corrected chi connectivity index (χ1v) is 7.66. The van der Waals surface area contributed by atoms with E-state index in [1.54, 1.807) is 6.07 Å². The fourth-order valence-electron chi connectivity index (χ4n) is 2.53. The van der Waals surface area contributed by atoms with Crippen LogP contribution < -0.4 is 5.73 Å². The average molecular weight is 265 g/mol. The molecule has 0 aromatic heterocycles. The molecule has 0 aliphatic heterocycles. The molecule has 0 bridgehead atoms. The van der Waals surface area contributed by atoms with E-state index < -0.39 is 0 Å². The highest BCUT2D eigenvalue weighted by Gasteiger charge is 2.09. The minimum Gasteiger partial charge on any atom is -0.324 e. The highest BCUT2D eigenvalue weighted by Crippen LogP contribution is 2.22. The molecule has 0 amide bonds. The Morgan fingerprint density at radius 2 is 1.68 bits per heavy atom. The zero-order chi connectivity index (χ0) is 14.1. The molecule has 0 saturated carbocycles. The summed E-state index contributed by atoms with van der Waals surface area (Å²) >= 11 is 0. The monoisotopic (exact) mass is 265 g/mol. The van der Waals surface area contributed by atoms with Crippen LogP contribution in [0.4, 0.5) is 4.39 Å². The second-order valence-electron chi connectivity index (χ2n) is 5.52. The molecule has 1 aromatic rings. The van der Waals surface area contributed by atoms with Gasteiger partial charge in [0.1, 0.15) is 5.82 Å². The molecule has 0 heterocycles. The van der Waals surface area contributed by atoms with Crippen LogP contribution in [0.25, 0.3) is 0 Å². The van der Waals surface area contributed by atoms with Gasteiger partial charge in [-0.3, -0.25) is 0 Å². The van der Waals surface area contributed by atoms with Crippen LogP contribution in [0, 0.1) is 12.7 Å². The summed E-state index contributed by atoms with van der Waals surface area (Å²) < 4.78 is 13.0. The Morgan fingerprint density at radius 1 is 1.05 bits per heavy atom. The van der Waals surface area contributed by atoms with Gasteiger partial charge >= 0.3 is 0 Å². The molecule has 0 fully saturated rings. The maximum absolute atomic E-state index is 13.0. The second-order valence-corrected chi connectivity index (χ2v) is 5.52. The van der Waals surface area contributed by atoms with Crippen LogP contribution in [0.5, 0.6) is 0 Å². The van der Waals surface area contributed by atoms with Crippen molar-refractivity contribution in [1.82, 2.24) is 0 Å². The Morgan fingerprint density at radius 3 is 2.32 bits per heavy atom. The minimum absolute atomic E-state index is 0.0521. The molecule has 0 radical (unpaired) electrons. The molecule has 1 atom stereocenters. The van der Waals surface area contributed by atoms with Crippen LogP contribution >= 0.6 is 0 Å². The number of nitrogens with two attached hydrogens (primary N) is 1. The van der Waals surface area contributed by atoms with Crippen molar-refractivity contribution in [2.24, 2.45) is 5.73 Å². The summed E-state index contributed by atoms with van der Waals surface area (Å²) in [6.07, 6.45) is 10.1. The highest BCUT2D eigenvalue weighted by molar-refractivity contribution is 5.29. The number of rotatable bonds is 9. The van der Waals surface area contributed by atoms with Crippen LogP contribution in [0.15, 0.2) is 18.2 Å². The molecule has 0 spiro atoms. The standard InChI is InChI=1S/C17H28FN/c1-3-4-5-6-7-8-9-10-17(19)16-12-11-15(18)13-14(16)2/h11-13,17H,3-10,19H2,1-2H3. The summed E-state index contributed by atoms with van der Waals surface area (Å²) in [6.45, 7) is 4.17. The van der Waals surface area contributed by atoms with Crippen molar-refractivity contribution < 1.29 is 4.39 Å². The van der Waals surface area contributed by atoms with Gasteiger partial charge in [-0.25, -0.2) is 4.39 Å². The summed E-state index contributed by atoms with van der Waals surface area (Å²) in [5, 5.41) is 0. The molecular weight excluding hydrogens is 237 g/mol. The second kappa shape index (κ2) is 9.08. The van der Waals surface area contributed by atoms with Crippen LogP contribution in [0.1, 0.15) is 75.5 Å². The van der Waals surface area contributed by atoms with E-state index in [2.05, 4.69) is 6.92 Å². The number of hydrogen-bond acceptors (Lipinski definition) is 1. The van der Waals surface area contributed by atoms with E-state index in [1.807, 2.05) is 13.0 Å². The Kier molecular flexibility index (Phi) is 7.73. The predicted octanol–water partition coefficient (Wildman–Crippen LogP) is 5.27. The Bertz CT molecular complexity index is 362. The molecule has 1 aromatic carbocycles. The van der Waals surface area contributed by atoms with Crippen molar-refractivity contribution in [2.45, 2.75) is 71.3 Å². The van der Waals surface area contributed by atoms with Crippen molar-refractivity contribution >= 4 is 0 Å². The number of hydrogen-bond donors (Lipinski definition) is 1. The number of halogens is 1. The molecule has 0 aliphatic rings. The molecule has 0 aliphatic carbocycles. The van der Waals surface area contributed by atoms with Gasteiger partial charge in [0.2, 0.25) is 0 Å². The summed E-state index contributed by atoms with van der Waals surface area (Å²) in [5.74, 6) is -0.177. The number of aryl methyl sites for hydroxylation is 1. The molecule has 108 valence electrons. The molecule has 0 saturated heterocycles. The first kappa shape index (κ1) is 16.2. The Hall–Kier alpha value is -0.890. The maximum atomic E-state index is 13.0. The number of benzene rings is 1. The SMILES string of the molecule is CCCCCCCCCC(N)c1ccc(F)cc1C. The van der Waals surface area contributed by atoms with Gasteiger partial charge in [0.05, 0.1) is 0 Å². The van der Waals surface area contributed by atoms with E-state index in [0.717, 1.165) is 17.5 Å². The third-order valence-electron chi connectivity index (χ3n) is 3.75. The van der Waals surface area contributed by atoms with E-state index in [1.165, 1.54) is 51.0 Å². The molecule has 2 N–H and O–H groups in total. The number of unbranched alkanes of at least 4 members (excludes halogenated alkanes) is 6. The molecule has 1 nitrogen and oxygen atoms in total. The van der Waals surface area contributed by atoms with Gasteiger partial charge < -0.3 is 5.73 Å². The fraction of sp³-hybridized carbons (Fsp3) is 0.647. The van der Waals surface area contributed by atoms with Gasteiger partial charge in [-0.2, -0.15) is 0 Å². The predicted molar refractivity (Wildman–Crippen MR) is 80.7 cm³/mol. The van der Waals surface area contributed by atoms with Crippen LogP contribution in [0.2, 0.25) is 0 Å². The summed E-state index contributed by atoms with van der Waals surface area (Å²) in [7, 11) is 0. The van der Waals surface area contributed by atoms with Gasteiger partial charge in [-0.1, -0.05) is 57.9 Å². The molecule has 2 heteroatoms. The lowest BCUT2D eigenvalue weighted by atomic mass is 9.96. The van der Waals surface area contributed by atoms with Crippen molar-refractivity contribution in [3.63, 3.8) is 0 Å². The quantitative estimate of drug-likeness (QED) is 0.604. The van der Waals surface area contributed by atoms with Crippen LogP contribution in [-0.4, -0.2) is 0 Å². The van der Waals surface area contributed by atoms with Crippen molar-refractivity contribution in [3.05, 3.63) is 35.1 Å². The zero-order valence-corrected chi connectivity index (χ0v) is 12.4. The smallest absolute Gasteiger partial charge is 0.123 e. The Balaban J connectivity index is 2.22. The van der Waals surface area contributed by atoms with Gasteiger partial charge in [0.15, 0.2) is 0 Å². The average Bonchev–Trinajstić information content (AvgIpc) is 2.37. The lowest BCUT2D eigenvalue weighted by Crippen LogP contribution is -2.11. The molecule has 1 unspecified atom stereocenters. The highest BCUT2D eigenvalue weighted by atomic mass is 19.1. The third-order valence-corrected chi connectivity index (χ3v) is 3.75. The lowest BCUT2D eigenvalue weighted by molar-refractivity contribution is 0.539.